The van der Waals surface area contributed by atoms with Gasteiger partial charge in [-0.25, -0.2) is 4.79 Å². The number of hydrogen-bond acceptors (Lipinski definition) is 2. The van der Waals surface area contributed by atoms with Crippen molar-refractivity contribution in [1.29, 1.82) is 0 Å². The molecule has 0 radical (unpaired) electrons. The van der Waals surface area contributed by atoms with E-state index in [-0.39, 0.29) is 12.1 Å². The summed E-state index contributed by atoms with van der Waals surface area (Å²) in [6, 6.07) is 7.89. The van der Waals surface area contributed by atoms with Gasteiger partial charge in [-0.2, -0.15) is 0 Å². The first-order valence-electron chi connectivity index (χ1n) is 6.29. The second-order valence-electron chi connectivity index (χ2n) is 4.22. The van der Waals surface area contributed by atoms with Gasteiger partial charge in [0.25, 0.3) is 0 Å². The molecule has 0 aromatic heterocycles. The fourth-order valence-electron chi connectivity index (χ4n) is 1.75. The van der Waals surface area contributed by atoms with E-state index in [9.17, 15) is 4.79 Å². The number of urea groups is 1. The first-order chi connectivity index (χ1) is 8.69. The molecule has 1 aromatic rings. The first kappa shape index (κ1) is 14.5. The monoisotopic (exact) mass is 250 g/mol. The molecule has 0 saturated carbocycles. The average molecular weight is 250 g/mol. The Morgan fingerprint density at radius 2 is 2.06 bits per heavy atom. The molecule has 0 saturated heterocycles. The van der Waals surface area contributed by atoms with E-state index in [0.717, 1.165) is 12.0 Å². The lowest BCUT2D eigenvalue weighted by Crippen LogP contribution is -2.38. The van der Waals surface area contributed by atoms with Crippen LogP contribution >= 0.6 is 0 Å². The number of methoxy groups -OCH3 is 1. The van der Waals surface area contributed by atoms with Crippen LogP contribution in [0.2, 0.25) is 0 Å². The predicted octanol–water partition coefficient (Wildman–Crippen LogP) is 2.39. The van der Waals surface area contributed by atoms with Gasteiger partial charge in [0.15, 0.2) is 0 Å². The molecule has 1 unspecified atom stereocenters. The molecule has 0 heterocycles. The molecule has 1 aromatic carbocycles. The van der Waals surface area contributed by atoms with Crippen molar-refractivity contribution >= 4 is 6.03 Å². The van der Waals surface area contributed by atoms with Gasteiger partial charge in [-0.1, -0.05) is 31.2 Å². The maximum Gasteiger partial charge on any atom is 0.314 e. The molecule has 2 amide bonds. The van der Waals surface area contributed by atoms with Crippen molar-refractivity contribution in [3.05, 3.63) is 35.4 Å². The summed E-state index contributed by atoms with van der Waals surface area (Å²) in [7, 11) is 1.66. The number of benzene rings is 1. The molecule has 0 aliphatic rings. The van der Waals surface area contributed by atoms with Gasteiger partial charge >= 0.3 is 6.03 Å². The molecule has 1 atom stereocenters. The zero-order valence-electron chi connectivity index (χ0n) is 11.3. The highest BCUT2D eigenvalue weighted by Gasteiger charge is 2.13. The SMILES string of the molecule is CCCNC(=O)NCC(OC)c1ccccc1C. The van der Waals surface area contributed by atoms with E-state index >= 15 is 0 Å². The lowest BCUT2D eigenvalue weighted by molar-refractivity contribution is 0.103. The zero-order valence-corrected chi connectivity index (χ0v) is 11.3. The third-order valence-electron chi connectivity index (χ3n) is 2.80. The minimum Gasteiger partial charge on any atom is -0.375 e. The predicted molar refractivity (Wildman–Crippen MR) is 72.6 cm³/mol. The van der Waals surface area contributed by atoms with Crippen molar-refractivity contribution in [1.82, 2.24) is 10.6 Å². The summed E-state index contributed by atoms with van der Waals surface area (Å²) >= 11 is 0. The molecule has 0 spiro atoms. The van der Waals surface area contributed by atoms with Crippen molar-refractivity contribution in [3.8, 4) is 0 Å². The molecule has 4 nitrogen and oxygen atoms in total. The molecule has 100 valence electrons. The number of nitrogens with one attached hydrogen (secondary N) is 2. The van der Waals surface area contributed by atoms with Gasteiger partial charge in [-0.05, 0) is 24.5 Å². The third-order valence-corrected chi connectivity index (χ3v) is 2.80. The Kier molecular flexibility index (Phi) is 6.22. The molecular weight excluding hydrogens is 228 g/mol. The lowest BCUT2D eigenvalue weighted by Gasteiger charge is -2.18. The third kappa shape index (κ3) is 4.37. The quantitative estimate of drug-likeness (QED) is 0.814. The molecule has 1 rings (SSSR count). The zero-order chi connectivity index (χ0) is 13.4. The standard InChI is InChI=1S/C14H22N2O2/c1-4-9-15-14(17)16-10-13(18-3)12-8-6-5-7-11(12)2/h5-8,13H,4,9-10H2,1-3H3,(H2,15,16,17). The van der Waals surface area contributed by atoms with Crippen molar-refractivity contribution in [2.24, 2.45) is 0 Å². The summed E-state index contributed by atoms with van der Waals surface area (Å²) in [6.07, 6.45) is 0.817. The number of carbonyl (C=O) groups excluding carboxylic acids is 1. The van der Waals surface area contributed by atoms with Crippen LogP contribution < -0.4 is 10.6 Å². The smallest absolute Gasteiger partial charge is 0.314 e. The van der Waals surface area contributed by atoms with Gasteiger partial charge in [0.1, 0.15) is 0 Å². The molecule has 18 heavy (non-hydrogen) atoms. The largest absolute Gasteiger partial charge is 0.375 e. The molecule has 2 N–H and O–H groups in total. The minimum atomic E-state index is -0.146. The van der Waals surface area contributed by atoms with Crippen LogP contribution in [0.5, 0.6) is 0 Å². The summed E-state index contributed by atoms with van der Waals surface area (Å²) in [5.74, 6) is 0. The molecule has 0 aliphatic heterocycles. The average Bonchev–Trinajstić information content (AvgIpc) is 2.39. The fourth-order valence-corrected chi connectivity index (χ4v) is 1.75. The number of aryl methyl sites for hydroxylation is 1. The van der Waals surface area contributed by atoms with Gasteiger partial charge in [-0.3, -0.25) is 0 Å². The second-order valence-corrected chi connectivity index (χ2v) is 4.22. The first-order valence-corrected chi connectivity index (χ1v) is 6.29. The van der Waals surface area contributed by atoms with Crippen LogP contribution in [0.3, 0.4) is 0 Å². The van der Waals surface area contributed by atoms with E-state index < -0.39 is 0 Å². The lowest BCUT2D eigenvalue weighted by atomic mass is 10.0. The Morgan fingerprint density at radius 1 is 1.33 bits per heavy atom. The fraction of sp³-hybridized carbons (Fsp3) is 0.500. The molecule has 0 fully saturated rings. The van der Waals surface area contributed by atoms with Crippen molar-refractivity contribution in [2.75, 3.05) is 20.2 Å². The van der Waals surface area contributed by atoms with Gasteiger partial charge in [0.05, 0.1) is 6.10 Å². The summed E-state index contributed by atoms with van der Waals surface area (Å²) in [5.41, 5.74) is 2.27. The Morgan fingerprint density at radius 3 is 2.67 bits per heavy atom. The van der Waals surface area contributed by atoms with Crippen LogP contribution in [0, 0.1) is 6.92 Å². The van der Waals surface area contributed by atoms with Crippen molar-refractivity contribution in [3.63, 3.8) is 0 Å². The number of rotatable bonds is 6. The van der Waals surface area contributed by atoms with E-state index in [4.69, 9.17) is 4.74 Å². The topological polar surface area (TPSA) is 50.4 Å². The second kappa shape index (κ2) is 7.71. The number of hydrogen-bond donors (Lipinski definition) is 2. The normalized spacial score (nSPS) is 11.9. The Balaban J connectivity index is 2.53. The maximum atomic E-state index is 11.5. The van der Waals surface area contributed by atoms with Crippen molar-refractivity contribution < 1.29 is 9.53 Å². The number of ether oxygens (including phenoxy) is 1. The van der Waals surface area contributed by atoms with Crippen LogP contribution in [-0.4, -0.2) is 26.2 Å². The van der Waals surface area contributed by atoms with Crippen LogP contribution in [0.25, 0.3) is 0 Å². The Hall–Kier alpha value is -1.55. The number of amides is 2. The highest BCUT2D eigenvalue weighted by atomic mass is 16.5. The molecule has 0 aliphatic carbocycles. The molecular formula is C14H22N2O2. The summed E-state index contributed by atoms with van der Waals surface area (Å²) < 4.78 is 5.43. The van der Waals surface area contributed by atoms with E-state index in [0.29, 0.717) is 13.1 Å². The summed E-state index contributed by atoms with van der Waals surface area (Å²) in [5, 5.41) is 5.59. The van der Waals surface area contributed by atoms with Gasteiger partial charge in [0, 0.05) is 20.2 Å². The van der Waals surface area contributed by atoms with Crippen LogP contribution in [0.15, 0.2) is 24.3 Å². The van der Waals surface area contributed by atoms with Gasteiger partial charge in [-0.15, -0.1) is 0 Å². The van der Waals surface area contributed by atoms with E-state index in [2.05, 4.69) is 10.6 Å². The maximum absolute atomic E-state index is 11.5. The minimum absolute atomic E-state index is 0.112. The molecule has 0 bridgehead atoms. The summed E-state index contributed by atoms with van der Waals surface area (Å²) in [6.45, 7) is 5.22. The Labute approximate surface area is 109 Å². The van der Waals surface area contributed by atoms with Gasteiger partial charge < -0.3 is 15.4 Å². The van der Waals surface area contributed by atoms with E-state index in [1.807, 2.05) is 38.1 Å². The van der Waals surface area contributed by atoms with Gasteiger partial charge in [0.2, 0.25) is 0 Å². The Bertz CT molecular complexity index is 380. The van der Waals surface area contributed by atoms with E-state index in [1.165, 1.54) is 5.56 Å². The van der Waals surface area contributed by atoms with Crippen LogP contribution in [-0.2, 0) is 4.74 Å². The van der Waals surface area contributed by atoms with E-state index in [1.54, 1.807) is 7.11 Å². The summed E-state index contributed by atoms with van der Waals surface area (Å²) in [4.78, 5) is 11.5. The highest BCUT2D eigenvalue weighted by molar-refractivity contribution is 5.73. The number of carbonyl (C=O) groups is 1. The molecule has 4 heteroatoms. The van der Waals surface area contributed by atoms with Crippen LogP contribution in [0.4, 0.5) is 4.79 Å². The highest BCUT2D eigenvalue weighted by Crippen LogP contribution is 2.19. The van der Waals surface area contributed by atoms with Crippen molar-refractivity contribution in [2.45, 2.75) is 26.4 Å². The van der Waals surface area contributed by atoms with Crippen LogP contribution in [0.1, 0.15) is 30.6 Å².